The lowest BCUT2D eigenvalue weighted by Crippen LogP contribution is -2.30. The number of amides is 1. The Bertz CT molecular complexity index is 700. The second kappa shape index (κ2) is 4.69. The van der Waals surface area contributed by atoms with Gasteiger partial charge in [-0.1, -0.05) is 18.2 Å². The first-order valence-electron chi connectivity index (χ1n) is 7.00. The van der Waals surface area contributed by atoms with Crippen LogP contribution in [0.5, 0.6) is 0 Å². The monoisotopic (exact) mass is 287 g/mol. The second-order valence-corrected chi connectivity index (χ2v) is 6.36. The van der Waals surface area contributed by atoms with Crippen LogP contribution in [0.4, 0.5) is 10.2 Å². The third-order valence-electron chi connectivity index (χ3n) is 3.74. The third-order valence-corrected chi connectivity index (χ3v) is 3.74. The van der Waals surface area contributed by atoms with Crippen molar-refractivity contribution in [3.05, 3.63) is 47.4 Å². The summed E-state index contributed by atoms with van der Waals surface area (Å²) in [6.45, 7) is 6.04. The Balaban J connectivity index is 2.14. The summed E-state index contributed by atoms with van der Waals surface area (Å²) >= 11 is 0. The van der Waals surface area contributed by atoms with E-state index < -0.39 is 0 Å². The molecule has 0 saturated heterocycles. The van der Waals surface area contributed by atoms with Crippen LogP contribution in [0, 0.1) is 5.82 Å². The zero-order valence-electron chi connectivity index (χ0n) is 12.4. The van der Waals surface area contributed by atoms with Crippen molar-refractivity contribution in [3.8, 4) is 0 Å². The maximum absolute atomic E-state index is 14.1. The van der Waals surface area contributed by atoms with E-state index in [1.165, 1.54) is 6.07 Å². The molecule has 110 valence electrons. The zero-order valence-corrected chi connectivity index (χ0v) is 12.4. The van der Waals surface area contributed by atoms with Gasteiger partial charge in [0, 0.05) is 17.9 Å². The van der Waals surface area contributed by atoms with Crippen molar-refractivity contribution in [1.82, 2.24) is 9.78 Å². The smallest absolute Gasteiger partial charge is 0.226 e. The fourth-order valence-electron chi connectivity index (χ4n) is 2.76. The van der Waals surface area contributed by atoms with Gasteiger partial charge >= 0.3 is 0 Å². The Morgan fingerprint density at radius 1 is 1.29 bits per heavy atom. The van der Waals surface area contributed by atoms with Crippen molar-refractivity contribution in [2.45, 2.75) is 38.6 Å². The molecular formula is C16H18FN3O. The molecule has 2 aromatic rings. The summed E-state index contributed by atoms with van der Waals surface area (Å²) in [5.41, 5.74) is 1.16. The highest BCUT2D eigenvalue weighted by Gasteiger charge is 2.33. The number of hydrogen-bond donors (Lipinski definition) is 1. The number of carbonyl (C=O) groups is 1. The highest BCUT2D eigenvalue weighted by atomic mass is 19.1. The van der Waals surface area contributed by atoms with Crippen molar-refractivity contribution in [2.24, 2.45) is 0 Å². The molecule has 3 rings (SSSR count). The topological polar surface area (TPSA) is 46.9 Å². The molecule has 1 aliphatic heterocycles. The van der Waals surface area contributed by atoms with E-state index >= 15 is 0 Å². The van der Waals surface area contributed by atoms with Crippen molar-refractivity contribution >= 4 is 11.7 Å². The van der Waals surface area contributed by atoms with Gasteiger partial charge in [-0.15, -0.1) is 0 Å². The summed E-state index contributed by atoms with van der Waals surface area (Å²) < 4.78 is 15.9. The Kier molecular flexibility index (Phi) is 3.08. The van der Waals surface area contributed by atoms with Crippen LogP contribution in [0.2, 0.25) is 0 Å². The molecule has 1 atom stereocenters. The summed E-state index contributed by atoms with van der Waals surface area (Å²) in [7, 11) is 0. The molecule has 5 heteroatoms. The lowest BCUT2D eigenvalue weighted by molar-refractivity contribution is -0.116. The van der Waals surface area contributed by atoms with Crippen LogP contribution in [0.15, 0.2) is 30.5 Å². The van der Waals surface area contributed by atoms with Crippen LogP contribution in [-0.2, 0) is 10.3 Å². The molecule has 0 fully saturated rings. The van der Waals surface area contributed by atoms with Crippen LogP contribution in [0.3, 0.4) is 0 Å². The van der Waals surface area contributed by atoms with E-state index in [4.69, 9.17) is 0 Å². The number of nitrogens with one attached hydrogen (secondary N) is 1. The van der Waals surface area contributed by atoms with Gasteiger partial charge in [0.2, 0.25) is 5.91 Å². The van der Waals surface area contributed by atoms with E-state index in [0.717, 1.165) is 5.56 Å². The summed E-state index contributed by atoms with van der Waals surface area (Å²) in [5.74, 6) is -0.00790. The van der Waals surface area contributed by atoms with E-state index in [0.29, 0.717) is 11.4 Å². The molecule has 0 aliphatic carbocycles. The molecule has 0 bridgehead atoms. The van der Waals surface area contributed by atoms with Crippen LogP contribution in [0.25, 0.3) is 0 Å². The minimum atomic E-state index is -0.286. The lowest BCUT2D eigenvalue weighted by atomic mass is 9.87. The van der Waals surface area contributed by atoms with Gasteiger partial charge in [0.1, 0.15) is 11.6 Å². The van der Waals surface area contributed by atoms with Gasteiger partial charge in [0.15, 0.2) is 0 Å². The van der Waals surface area contributed by atoms with Crippen LogP contribution < -0.4 is 5.32 Å². The van der Waals surface area contributed by atoms with Crippen molar-refractivity contribution in [1.29, 1.82) is 0 Å². The number of fused-ring (bicyclic) bond motifs is 1. The number of aromatic nitrogens is 2. The molecule has 1 aromatic heterocycles. The highest BCUT2D eigenvalue weighted by molar-refractivity contribution is 5.94. The molecule has 1 aliphatic rings. The first-order valence-corrected chi connectivity index (χ1v) is 7.00. The average molecular weight is 287 g/mol. The Morgan fingerprint density at radius 2 is 2.00 bits per heavy atom. The molecule has 0 spiro atoms. The zero-order chi connectivity index (χ0) is 15.2. The normalized spacial score (nSPS) is 18.3. The van der Waals surface area contributed by atoms with Gasteiger partial charge in [0.05, 0.1) is 11.7 Å². The minimum Gasteiger partial charge on any atom is -0.311 e. The first-order chi connectivity index (χ1) is 9.88. The molecule has 0 saturated carbocycles. The summed E-state index contributed by atoms with van der Waals surface area (Å²) in [6.07, 6.45) is 1.97. The van der Waals surface area contributed by atoms with E-state index in [1.54, 1.807) is 29.1 Å². The van der Waals surface area contributed by atoms with Crippen LogP contribution in [-0.4, -0.2) is 15.7 Å². The summed E-state index contributed by atoms with van der Waals surface area (Å²) in [4.78, 5) is 12.0. The molecule has 1 amide bonds. The van der Waals surface area contributed by atoms with Gasteiger partial charge < -0.3 is 5.32 Å². The number of hydrogen-bond acceptors (Lipinski definition) is 2. The molecule has 21 heavy (non-hydrogen) atoms. The largest absolute Gasteiger partial charge is 0.311 e. The van der Waals surface area contributed by atoms with Crippen LogP contribution >= 0.6 is 0 Å². The number of rotatable bonds is 1. The van der Waals surface area contributed by atoms with Gasteiger partial charge in [-0.2, -0.15) is 5.10 Å². The predicted molar refractivity (Wildman–Crippen MR) is 78.7 cm³/mol. The number of carbonyl (C=O) groups excluding carboxylic acids is 1. The molecular weight excluding hydrogens is 269 g/mol. The van der Waals surface area contributed by atoms with Crippen molar-refractivity contribution in [3.63, 3.8) is 0 Å². The maximum atomic E-state index is 14.1. The molecule has 2 heterocycles. The minimum absolute atomic E-state index is 0.109. The maximum Gasteiger partial charge on any atom is 0.226 e. The fourth-order valence-corrected chi connectivity index (χ4v) is 2.76. The number of nitrogens with zero attached hydrogens (tertiary/aromatic N) is 2. The summed E-state index contributed by atoms with van der Waals surface area (Å²) in [6, 6.07) is 6.60. The van der Waals surface area contributed by atoms with E-state index in [9.17, 15) is 9.18 Å². The predicted octanol–water partition coefficient (Wildman–Crippen LogP) is 3.25. The van der Waals surface area contributed by atoms with Gasteiger partial charge in [-0.3, -0.25) is 4.79 Å². The lowest BCUT2D eigenvalue weighted by Gasteiger charge is -2.28. The number of halogens is 1. The Morgan fingerprint density at radius 3 is 2.67 bits per heavy atom. The van der Waals surface area contributed by atoms with Crippen LogP contribution in [0.1, 0.15) is 44.2 Å². The quantitative estimate of drug-likeness (QED) is 0.875. The number of benzene rings is 1. The molecule has 1 aromatic carbocycles. The molecule has 0 radical (unpaired) electrons. The second-order valence-electron chi connectivity index (χ2n) is 6.36. The van der Waals surface area contributed by atoms with E-state index in [1.807, 2.05) is 20.8 Å². The third kappa shape index (κ3) is 2.33. The number of anilines is 1. The van der Waals surface area contributed by atoms with Gasteiger partial charge in [-0.05, 0) is 32.4 Å². The fraction of sp³-hybridized carbons (Fsp3) is 0.375. The Hall–Kier alpha value is -2.17. The molecule has 0 unspecified atom stereocenters. The van der Waals surface area contributed by atoms with Gasteiger partial charge in [0.25, 0.3) is 0 Å². The average Bonchev–Trinajstić information content (AvgIpc) is 2.82. The molecule has 4 nitrogen and oxygen atoms in total. The van der Waals surface area contributed by atoms with E-state index in [-0.39, 0.29) is 29.6 Å². The van der Waals surface area contributed by atoms with E-state index in [2.05, 4.69) is 10.4 Å². The molecule has 1 N–H and O–H groups in total. The van der Waals surface area contributed by atoms with Gasteiger partial charge in [-0.25, -0.2) is 9.07 Å². The SMILES string of the molecule is CC(C)(C)n1ncc2c1NC(=O)C[C@H]2c1ccccc1F. The van der Waals surface area contributed by atoms with Crippen molar-refractivity contribution in [2.75, 3.05) is 5.32 Å². The first kappa shape index (κ1) is 13.8. The standard InChI is InChI=1S/C16H18FN3O/c1-16(2,3)20-15-12(9-18-20)11(8-14(21)19-15)10-6-4-5-7-13(10)17/h4-7,9,11H,8H2,1-3H3,(H,19,21)/t11-/m0/s1. The Labute approximate surface area is 123 Å². The highest BCUT2D eigenvalue weighted by Crippen LogP contribution is 2.39. The summed E-state index contributed by atoms with van der Waals surface area (Å²) in [5, 5.41) is 7.26. The van der Waals surface area contributed by atoms with Crippen molar-refractivity contribution < 1.29 is 9.18 Å².